The van der Waals surface area contributed by atoms with Crippen molar-refractivity contribution in [1.82, 2.24) is 0 Å². The Hall–Kier alpha value is -2.65. The minimum atomic E-state index is -4.28. The first-order chi connectivity index (χ1) is 12.0. The molecule has 0 saturated heterocycles. The number of rotatable bonds is 7. The maximum absolute atomic E-state index is 14.1. The minimum Gasteiger partial charge on any atom is -0.441 e. The van der Waals surface area contributed by atoms with Crippen molar-refractivity contribution in [2.75, 3.05) is 0 Å². The zero-order valence-electron chi connectivity index (χ0n) is 14.0. The summed E-state index contributed by atoms with van der Waals surface area (Å²) in [5.41, 5.74) is 5.24. The average molecular weight is 377 g/mol. The molecule has 1 atom stereocenters. The van der Waals surface area contributed by atoms with Crippen LogP contribution in [0, 0.1) is 16.6 Å². The van der Waals surface area contributed by atoms with Crippen LogP contribution in [0.15, 0.2) is 18.2 Å². The zero-order valence-corrected chi connectivity index (χ0v) is 14.0. The SMILES string of the molecule is CC(=N)OC(=N)CC(OC(N)=O)c1cc(CCCC(F)(F)F)ccc1F. The normalized spacial score (nSPS) is 12.3. The molecular weight excluding hydrogens is 358 g/mol. The summed E-state index contributed by atoms with van der Waals surface area (Å²) in [4.78, 5) is 11.1. The molecule has 0 fully saturated rings. The number of hydrogen-bond donors (Lipinski definition) is 3. The van der Waals surface area contributed by atoms with Gasteiger partial charge >= 0.3 is 12.3 Å². The van der Waals surface area contributed by atoms with Crippen LogP contribution < -0.4 is 5.73 Å². The molecule has 1 amide bonds. The number of carbonyl (C=O) groups is 1. The van der Waals surface area contributed by atoms with Crippen molar-refractivity contribution >= 4 is 17.9 Å². The van der Waals surface area contributed by atoms with Crippen LogP contribution in [0.5, 0.6) is 0 Å². The van der Waals surface area contributed by atoms with E-state index in [0.717, 1.165) is 6.07 Å². The largest absolute Gasteiger partial charge is 0.441 e. The van der Waals surface area contributed by atoms with Gasteiger partial charge in [0.05, 0.1) is 6.42 Å². The standard InChI is InChI=1S/C16H19F4N3O3/c1-9(21)25-14(22)8-13(26-15(23)24)11-7-10(4-5-12(11)17)3-2-6-16(18,19)20/h4-5,7,13,21-22H,2-3,6,8H2,1H3,(H2,23,24). The van der Waals surface area contributed by atoms with Crippen molar-refractivity contribution in [2.24, 2.45) is 5.73 Å². The van der Waals surface area contributed by atoms with Gasteiger partial charge in [-0.3, -0.25) is 10.8 Å². The predicted molar refractivity (Wildman–Crippen MR) is 85.6 cm³/mol. The molecule has 0 saturated carbocycles. The van der Waals surface area contributed by atoms with Crippen molar-refractivity contribution in [2.45, 2.75) is 44.9 Å². The Morgan fingerprint density at radius 2 is 1.96 bits per heavy atom. The van der Waals surface area contributed by atoms with Gasteiger partial charge in [-0.2, -0.15) is 13.2 Å². The van der Waals surface area contributed by atoms with Gasteiger partial charge in [0.15, 0.2) is 11.8 Å². The summed E-state index contributed by atoms with van der Waals surface area (Å²) in [5, 5.41) is 14.8. The summed E-state index contributed by atoms with van der Waals surface area (Å²) in [5.74, 6) is -1.50. The molecule has 0 spiro atoms. The second kappa shape index (κ2) is 9.16. The molecular formula is C16H19F4N3O3. The summed E-state index contributed by atoms with van der Waals surface area (Å²) in [6, 6.07) is 3.64. The van der Waals surface area contributed by atoms with E-state index in [1.54, 1.807) is 0 Å². The van der Waals surface area contributed by atoms with Gasteiger partial charge in [-0.25, -0.2) is 9.18 Å². The first kappa shape index (κ1) is 21.4. The van der Waals surface area contributed by atoms with E-state index >= 15 is 0 Å². The fourth-order valence-corrected chi connectivity index (χ4v) is 2.24. The second-order valence-corrected chi connectivity index (χ2v) is 5.54. The average Bonchev–Trinajstić information content (AvgIpc) is 2.45. The third kappa shape index (κ3) is 7.95. The van der Waals surface area contributed by atoms with E-state index in [-0.39, 0.29) is 30.7 Å². The molecule has 6 nitrogen and oxygen atoms in total. The Balaban J connectivity index is 2.97. The lowest BCUT2D eigenvalue weighted by Crippen LogP contribution is -2.22. The fraction of sp³-hybridized carbons (Fsp3) is 0.438. The highest BCUT2D eigenvalue weighted by molar-refractivity contribution is 5.87. The highest BCUT2D eigenvalue weighted by Crippen LogP contribution is 2.28. The van der Waals surface area contributed by atoms with Crippen LogP contribution >= 0.6 is 0 Å². The topological polar surface area (TPSA) is 109 Å². The Labute approximate surface area is 147 Å². The molecule has 1 unspecified atom stereocenters. The van der Waals surface area contributed by atoms with E-state index in [9.17, 15) is 22.4 Å². The van der Waals surface area contributed by atoms with Crippen LogP contribution in [-0.4, -0.2) is 24.1 Å². The molecule has 1 aromatic rings. The number of ether oxygens (including phenoxy) is 2. The first-order valence-electron chi connectivity index (χ1n) is 7.59. The van der Waals surface area contributed by atoms with Crippen molar-refractivity contribution in [3.63, 3.8) is 0 Å². The van der Waals surface area contributed by atoms with Gasteiger partial charge in [-0.05, 0) is 30.5 Å². The van der Waals surface area contributed by atoms with Crippen LogP contribution in [0.2, 0.25) is 0 Å². The number of carbonyl (C=O) groups excluding carboxylic acids is 1. The summed E-state index contributed by atoms with van der Waals surface area (Å²) >= 11 is 0. The Morgan fingerprint density at radius 1 is 1.31 bits per heavy atom. The quantitative estimate of drug-likeness (QED) is 0.376. The van der Waals surface area contributed by atoms with Crippen molar-refractivity contribution < 1.29 is 31.8 Å². The van der Waals surface area contributed by atoms with Gasteiger partial charge in [0.25, 0.3) is 0 Å². The Bertz CT molecular complexity index is 677. The second-order valence-electron chi connectivity index (χ2n) is 5.54. The molecule has 144 valence electrons. The third-order valence-electron chi connectivity index (χ3n) is 3.24. The molecule has 0 radical (unpaired) electrons. The monoisotopic (exact) mass is 377 g/mol. The molecule has 1 aromatic carbocycles. The van der Waals surface area contributed by atoms with E-state index in [1.165, 1.54) is 19.1 Å². The minimum absolute atomic E-state index is 0.0453. The molecule has 10 heteroatoms. The lowest BCUT2D eigenvalue weighted by atomic mass is 10.00. The Morgan fingerprint density at radius 3 is 2.50 bits per heavy atom. The Kier molecular flexibility index (Phi) is 7.54. The van der Waals surface area contributed by atoms with E-state index < -0.39 is 36.5 Å². The predicted octanol–water partition coefficient (Wildman–Crippen LogP) is 4.23. The molecule has 4 N–H and O–H groups in total. The third-order valence-corrected chi connectivity index (χ3v) is 3.24. The summed E-state index contributed by atoms with van der Waals surface area (Å²) in [6.45, 7) is 1.28. The van der Waals surface area contributed by atoms with Crippen LogP contribution in [0.3, 0.4) is 0 Å². The van der Waals surface area contributed by atoms with Crippen LogP contribution in [0.1, 0.15) is 43.4 Å². The molecule has 0 heterocycles. The highest BCUT2D eigenvalue weighted by atomic mass is 19.4. The molecule has 1 rings (SSSR count). The number of nitrogens with two attached hydrogens (primary N) is 1. The summed E-state index contributed by atoms with van der Waals surface area (Å²) in [7, 11) is 0. The van der Waals surface area contributed by atoms with Crippen LogP contribution in [-0.2, 0) is 15.9 Å². The van der Waals surface area contributed by atoms with Crippen LogP contribution in [0.25, 0.3) is 0 Å². The number of aryl methyl sites for hydroxylation is 1. The number of halogens is 4. The van der Waals surface area contributed by atoms with E-state index in [0.29, 0.717) is 5.56 Å². The van der Waals surface area contributed by atoms with Crippen molar-refractivity contribution in [1.29, 1.82) is 10.8 Å². The van der Waals surface area contributed by atoms with Gasteiger partial charge in [-0.15, -0.1) is 0 Å². The highest BCUT2D eigenvalue weighted by Gasteiger charge is 2.26. The number of amides is 1. The maximum atomic E-state index is 14.1. The van der Waals surface area contributed by atoms with E-state index in [2.05, 4.69) is 0 Å². The summed E-state index contributed by atoms with van der Waals surface area (Å²) < 4.78 is 60.4. The number of hydrogen-bond acceptors (Lipinski definition) is 5. The van der Waals surface area contributed by atoms with Gasteiger partial charge in [0, 0.05) is 18.9 Å². The fourth-order valence-electron chi connectivity index (χ4n) is 2.24. The summed E-state index contributed by atoms with van der Waals surface area (Å²) in [6.07, 6.45) is -8.29. The van der Waals surface area contributed by atoms with E-state index in [4.69, 9.17) is 26.0 Å². The van der Waals surface area contributed by atoms with Gasteiger partial charge in [0.1, 0.15) is 11.9 Å². The van der Waals surface area contributed by atoms with Gasteiger partial charge < -0.3 is 15.2 Å². The lowest BCUT2D eigenvalue weighted by molar-refractivity contribution is -0.135. The van der Waals surface area contributed by atoms with Gasteiger partial charge in [-0.1, -0.05) is 6.07 Å². The van der Waals surface area contributed by atoms with Gasteiger partial charge in [0.2, 0.25) is 0 Å². The number of benzene rings is 1. The van der Waals surface area contributed by atoms with E-state index in [1.807, 2.05) is 0 Å². The van der Waals surface area contributed by atoms with Crippen molar-refractivity contribution in [3.8, 4) is 0 Å². The molecule has 0 aliphatic rings. The first-order valence-corrected chi connectivity index (χ1v) is 7.59. The lowest BCUT2D eigenvalue weighted by Gasteiger charge is -2.19. The molecule has 26 heavy (non-hydrogen) atoms. The molecule has 0 aliphatic carbocycles. The van der Waals surface area contributed by atoms with Crippen molar-refractivity contribution in [3.05, 3.63) is 35.1 Å². The van der Waals surface area contributed by atoms with Crippen LogP contribution in [0.4, 0.5) is 22.4 Å². The number of nitrogens with one attached hydrogen (secondary N) is 2. The number of alkyl halides is 3. The molecule has 0 bridgehead atoms. The number of primary amides is 1. The maximum Gasteiger partial charge on any atom is 0.405 e. The molecule has 0 aliphatic heterocycles. The molecule has 0 aromatic heterocycles. The zero-order chi connectivity index (χ0) is 19.9. The smallest absolute Gasteiger partial charge is 0.405 e.